The van der Waals surface area contributed by atoms with Gasteiger partial charge in [-0.15, -0.1) is 0 Å². The van der Waals surface area contributed by atoms with Crippen LogP contribution in [0.1, 0.15) is 13.3 Å². The van der Waals surface area contributed by atoms with E-state index in [1.807, 2.05) is 0 Å². The molecule has 3 nitrogen and oxygen atoms in total. The predicted octanol–water partition coefficient (Wildman–Crippen LogP) is 3.03. The minimum atomic E-state index is -4.67. The normalized spacial score (nSPS) is 18.5. The largest absolute Gasteiger partial charge is 0.487 e. The van der Waals surface area contributed by atoms with Crippen molar-refractivity contribution in [3.05, 3.63) is 23.8 Å². The van der Waals surface area contributed by atoms with Crippen LogP contribution in [-0.4, -0.2) is 24.7 Å². The summed E-state index contributed by atoms with van der Waals surface area (Å²) < 4.78 is 68.3. The topological polar surface area (TPSA) is 29.5 Å². The summed E-state index contributed by atoms with van der Waals surface area (Å²) in [6.45, 7) is 1.35. The van der Waals surface area contributed by atoms with Crippen LogP contribution in [0.5, 0.6) is 5.75 Å². The average molecular weight is 295 g/mol. The fraction of sp³-hybridized carbons (Fsp3) is 0.417. The van der Waals surface area contributed by atoms with Gasteiger partial charge in [0.05, 0.1) is 12.2 Å². The number of amides is 1. The molecule has 0 spiro atoms. The number of nitrogens with zero attached hydrogens (tertiary/aromatic N) is 1. The van der Waals surface area contributed by atoms with Crippen LogP contribution in [0, 0.1) is 11.6 Å². The quantitative estimate of drug-likeness (QED) is 0.745. The van der Waals surface area contributed by atoms with Gasteiger partial charge < -0.3 is 9.64 Å². The van der Waals surface area contributed by atoms with Crippen LogP contribution in [0.3, 0.4) is 0 Å². The van der Waals surface area contributed by atoms with Gasteiger partial charge in [-0.1, -0.05) is 0 Å². The number of benzene rings is 1. The average Bonchev–Trinajstić information content (AvgIpc) is 2.28. The summed E-state index contributed by atoms with van der Waals surface area (Å²) >= 11 is 0. The summed E-state index contributed by atoms with van der Waals surface area (Å²) in [7, 11) is 0. The highest BCUT2D eigenvalue weighted by molar-refractivity contribution is 5.95. The molecule has 1 atom stereocenters. The Balaban J connectivity index is 2.37. The van der Waals surface area contributed by atoms with E-state index >= 15 is 0 Å². The monoisotopic (exact) mass is 295 g/mol. The van der Waals surface area contributed by atoms with Gasteiger partial charge in [0.1, 0.15) is 18.3 Å². The lowest BCUT2D eigenvalue weighted by Gasteiger charge is -2.33. The second-order valence-corrected chi connectivity index (χ2v) is 4.46. The summed E-state index contributed by atoms with van der Waals surface area (Å²) in [5.74, 6) is -3.84. The Kier molecular flexibility index (Phi) is 3.58. The van der Waals surface area contributed by atoms with E-state index in [9.17, 15) is 26.7 Å². The van der Waals surface area contributed by atoms with Gasteiger partial charge in [-0.2, -0.15) is 13.2 Å². The van der Waals surface area contributed by atoms with Crippen molar-refractivity contribution in [3.8, 4) is 5.75 Å². The molecule has 0 N–H and O–H groups in total. The summed E-state index contributed by atoms with van der Waals surface area (Å²) in [6.07, 6.45) is -6.96. The van der Waals surface area contributed by atoms with Crippen molar-refractivity contribution in [1.29, 1.82) is 0 Å². The molecule has 0 bridgehead atoms. The van der Waals surface area contributed by atoms with Gasteiger partial charge in [-0.3, -0.25) is 4.79 Å². The van der Waals surface area contributed by atoms with Crippen LogP contribution in [0.4, 0.5) is 27.6 Å². The third kappa shape index (κ3) is 3.00. The Morgan fingerprint density at radius 2 is 1.95 bits per heavy atom. The van der Waals surface area contributed by atoms with Crippen molar-refractivity contribution in [1.82, 2.24) is 0 Å². The smallest absolute Gasteiger partial charge is 0.397 e. The van der Waals surface area contributed by atoms with Crippen LogP contribution < -0.4 is 9.64 Å². The van der Waals surface area contributed by atoms with Crippen LogP contribution in [-0.2, 0) is 4.79 Å². The summed E-state index contributed by atoms with van der Waals surface area (Å²) in [4.78, 5) is 12.4. The fourth-order valence-electron chi connectivity index (χ4n) is 1.94. The zero-order chi connectivity index (χ0) is 15.1. The molecule has 0 fully saturated rings. The molecule has 1 aromatic carbocycles. The lowest BCUT2D eigenvalue weighted by Crippen LogP contribution is -2.43. The molecule has 8 heteroatoms. The Hall–Kier alpha value is -1.86. The van der Waals surface area contributed by atoms with Crippen LogP contribution in [0.25, 0.3) is 0 Å². The number of rotatable bonds is 1. The van der Waals surface area contributed by atoms with Crippen LogP contribution in [0.2, 0.25) is 0 Å². The maximum atomic E-state index is 13.2. The number of fused-ring (bicyclic) bond motifs is 1. The van der Waals surface area contributed by atoms with Crippen molar-refractivity contribution < 1.29 is 31.5 Å². The maximum absolute atomic E-state index is 13.2. The van der Waals surface area contributed by atoms with E-state index in [4.69, 9.17) is 4.74 Å². The summed E-state index contributed by atoms with van der Waals surface area (Å²) in [6, 6.07) is 1.37. The Bertz CT molecular complexity index is 543. The second-order valence-electron chi connectivity index (χ2n) is 4.46. The predicted molar refractivity (Wildman–Crippen MR) is 59.5 cm³/mol. The number of carbonyl (C=O) groups excluding carboxylic acids is 1. The lowest BCUT2D eigenvalue weighted by molar-refractivity contribution is -0.152. The molecule has 0 saturated heterocycles. The lowest BCUT2D eigenvalue weighted by atomic mass is 10.1. The Labute approximate surface area is 110 Å². The molecular formula is C12H10F5NO2. The molecule has 0 saturated carbocycles. The van der Waals surface area contributed by atoms with Gasteiger partial charge in [0.25, 0.3) is 0 Å². The number of ether oxygens (including phenoxy) is 1. The third-order valence-corrected chi connectivity index (χ3v) is 2.71. The summed E-state index contributed by atoms with van der Waals surface area (Å²) in [5.41, 5.74) is -0.198. The van der Waals surface area contributed by atoms with Crippen molar-refractivity contribution in [2.45, 2.75) is 25.6 Å². The third-order valence-electron chi connectivity index (χ3n) is 2.71. The molecule has 1 aliphatic heterocycles. The molecule has 1 heterocycles. The van der Waals surface area contributed by atoms with Gasteiger partial charge in [0.2, 0.25) is 5.91 Å². The second kappa shape index (κ2) is 4.92. The maximum Gasteiger partial charge on any atom is 0.397 e. The molecule has 20 heavy (non-hydrogen) atoms. The fourth-order valence-corrected chi connectivity index (χ4v) is 1.94. The van der Waals surface area contributed by atoms with E-state index in [1.54, 1.807) is 0 Å². The molecule has 0 radical (unpaired) electrons. The van der Waals surface area contributed by atoms with Crippen molar-refractivity contribution in [3.63, 3.8) is 0 Å². The van der Waals surface area contributed by atoms with Gasteiger partial charge in [-0.05, 0) is 6.92 Å². The van der Waals surface area contributed by atoms with Gasteiger partial charge in [0, 0.05) is 12.1 Å². The zero-order valence-electron chi connectivity index (χ0n) is 10.3. The van der Waals surface area contributed by atoms with Crippen LogP contribution >= 0.6 is 0 Å². The van der Waals surface area contributed by atoms with E-state index in [-0.39, 0.29) is 18.0 Å². The minimum Gasteiger partial charge on any atom is -0.487 e. The van der Waals surface area contributed by atoms with E-state index in [0.29, 0.717) is 12.1 Å². The zero-order valence-corrected chi connectivity index (χ0v) is 10.3. The van der Waals surface area contributed by atoms with Crippen molar-refractivity contribution in [2.75, 3.05) is 11.4 Å². The molecule has 2 rings (SSSR count). The SMILES string of the molecule is CC1CN(C(=O)CC(F)(F)F)c2cc(F)c(F)cc2O1. The standard InChI is InChI=1S/C12H10F5NO2/c1-6-5-18(11(19)4-12(15,16)17)9-2-7(13)8(14)3-10(9)20-6/h2-3,6H,4-5H2,1H3. The number of anilines is 1. The van der Waals surface area contributed by atoms with E-state index < -0.39 is 36.2 Å². The first-order valence-corrected chi connectivity index (χ1v) is 5.70. The van der Waals surface area contributed by atoms with Gasteiger partial charge in [0.15, 0.2) is 11.6 Å². The van der Waals surface area contributed by atoms with E-state index in [2.05, 4.69) is 0 Å². The van der Waals surface area contributed by atoms with Crippen molar-refractivity contribution in [2.24, 2.45) is 0 Å². The first-order valence-electron chi connectivity index (χ1n) is 5.70. The molecule has 0 aromatic heterocycles. The molecule has 0 aliphatic carbocycles. The molecule has 1 aliphatic rings. The van der Waals surface area contributed by atoms with Crippen molar-refractivity contribution >= 4 is 11.6 Å². The van der Waals surface area contributed by atoms with E-state index in [1.165, 1.54) is 6.92 Å². The number of hydrogen-bond acceptors (Lipinski definition) is 2. The molecular weight excluding hydrogens is 285 g/mol. The van der Waals surface area contributed by atoms with Gasteiger partial charge >= 0.3 is 6.18 Å². The highest BCUT2D eigenvalue weighted by Crippen LogP contribution is 2.36. The minimum absolute atomic E-state index is 0.154. The van der Waals surface area contributed by atoms with Gasteiger partial charge in [-0.25, -0.2) is 8.78 Å². The first-order chi connectivity index (χ1) is 9.17. The molecule has 1 amide bonds. The highest BCUT2D eigenvalue weighted by atomic mass is 19.4. The molecule has 110 valence electrons. The summed E-state index contributed by atoms with van der Waals surface area (Å²) in [5, 5.41) is 0. The molecule has 1 aromatic rings. The number of carbonyl (C=O) groups is 1. The number of hydrogen-bond donors (Lipinski definition) is 0. The Morgan fingerprint density at radius 3 is 2.55 bits per heavy atom. The van der Waals surface area contributed by atoms with E-state index in [0.717, 1.165) is 4.90 Å². The highest BCUT2D eigenvalue weighted by Gasteiger charge is 2.37. The first kappa shape index (κ1) is 14.5. The number of alkyl halides is 3. The number of halogens is 5. The molecule has 1 unspecified atom stereocenters. The van der Waals surface area contributed by atoms with Crippen LogP contribution in [0.15, 0.2) is 12.1 Å². The Morgan fingerprint density at radius 1 is 1.35 bits per heavy atom.